The summed E-state index contributed by atoms with van der Waals surface area (Å²) < 4.78 is 5.20. The van der Waals surface area contributed by atoms with E-state index in [2.05, 4.69) is 45.1 Å². The maximum atomic E-state index is 11.6. The third kappa shape index (κ3) is 8.13. The van der Waals surface area contributed by atoms with Crippen LogP contribution < -0.4 is 16.0 Å². The molecule has 6 nitrogen and oxygen atoms in total. The van der Waals surface area contributed by atoms with Crippen molar-refractivity contribution < 1.29 is 9.53 Å². The van der Waals surface area contributed by atoms with Crippen molar-refractivity contribution in [1.82, 2.24) is 20.9 Å². The molecule has 0 aliphatic carbocycles. The van der Waals surface area contributed by atoms with Gasteiger partial charge in [0.2, 0.25) is 0 Å². The van der Waals surface area contributed by atoms with E-state index in [1.807, 2.05) is 26.8 Å². The number of likely N-dealkylation sites (tertiary alicyclic amines) is 1. The van der Waals surface area contributed by atoms with E-state index >= 15 is 0 Å². The van der Waals surface area contributed by atoms with Crippen molar-refractivity contribution in [2.24, 2.45) is 0 Å². The van der Waals surface area contributed by atoms with Crippen molar-refractivity contribution in [2.45, 2.75) is 45.3 Å². The highest BCUT2D eigenvalue weighted by molar-refractivity contribution is 7.80. The Bertz CT molecular complexity index is 598. The summed E-state index contributed by atoms with van der Waals surface area (Å²) in [7, 11) is 0. The zero-order chi connectivity index (χ0) is 19.7. The number of benzene rings is 1. The summed E-state index contributed by atoms with van der Waals surface area (Å²) in [5.74, 6) is 0. The molecule has 1 aromatic carbocycles. The van der Waals surface area contributed by atoms with E-state index in [1.165, 1.54) is 18.4 Å². The van der Waals surface area contributed by atoms with Gasteiger partial charge in [0.1, 0.15) is 5.60 Å². The fraction of sp³-hybridized carbons (Fsp3) is 0.600. The Labute approximate surface area is 168 Å². The summed E-state index contributed by atoms with van der Waals surface area (Å²) in [6.45, 7) is 9.53. The minimum Gasteiger partial charge on any atom is -0.444 e. The van der Waals surface area contributed by atoms with E-state index < -0.39 is 11.7 Å². The molecule has 1 aliphatic heterocycles. The van der Waals surface area contributed by atoms with Crippen molar-refractivity contribution in [3.8, 4) is 0 Å². The maximum Gasteiger partial charge on any atom is 0.407 e. The molecule has 1 aromatic rings. The van der Waals surface area contributed by atoms with Gasteiger partial charge in [-0.15, -0.1) is 0 Å². The highest BCUT2D eigenvalue weighted by atomic mass is 32.1. The Balaban J connectivity index is 1.72. The van der Waals surface area contributed by atoms with E-state index in [0.29, 0.717) is 24.2 Å². The predicted molar refractivity (Wildman–Crippen MR) is 113 cm³/mol. The van der Waals surface area contributed by atoms with Crippen LogP contribution in [0.1, 0.15) is 45.2 Å². The fourth-order valence-corrected chi connectivity index (χ4v) is 3.28. The largest absolute Gasteiger partial charge is 0.444 e. The minimum absolute atomic E-state index is 0.313. The Hall–Kier alpha value is -1.86. The summed E-state index contributed by atoms with van der Waals surface area (Å²) >= 11 is 5.38. The van der Waals surface area contributed by atoms with Crippen LogP contribution in [0.3, 0.4) is 0 Å². The van der Waals surface area contributed by atoms with Crippen LogP contribution in [0.25, 0.3) is 0 Å². The first-order chi connectivity index (χ1) is 12.8. The number of amides is 1. The van der Waals surface area contributed by atoms with Gasteiger partial charge in [0.15, 0.2) is 5.11 Å². The summed E-state index contributed by atoms with van der Waals surface area (Å²) in [6, 6.07) is 10.9. The molecule has 1 fully saturated rings. The molecule has 1 atom stereocenters. The molecule has 1 saturated heterocycles. The SMILES string of the molecule is CC(C)(C)OC(=O)NCCNC(=S)NCC(c1ccccc1)N1CCCC1. The first-order valence-electron chi connectivity index (χ1n) is 9.63. The lowest BCUT2D eigenvalue weighted by Crippen LogP contribution is -2.44. The van der Waals surface area contributed by atoms with Crippen LogP contribution in [0.5, 0.6) is 0 Å². The molecule has 150 valence electrons. The number of alkyl carbamates (subject to hydrolysis) is 1. The lowest BCUT2D eigenvalue weighted by Gasteiger charge is -2.28. The highest BCUT2D eigenvalue weighted by Gasteiger charge is 2.23. The average Bonchev–Trinajstić information content (AvgIpc) is 3.13. The molecule has 1 aliphatic rings. The smallest absolute Gasteiger partial charge is 0.407 e. The first-order valence-corrected chi connectivity index (χ1v) is 10.0. The molecule has 27 heavy (non-hydrogen) atoms. The Morgan fingerprint density at radius 1 is 1.11 bits per heavy atom. The minimum atomic E-state index is -0.490. The number of nitrogens with zero attached hydrogens (tertiary/aromatic N) is 1. The van der Waals surface area contributed by atoms with Gasteiger partial charge >= 0.3 is 6.09 Å². The quantitative estimate of drug-likeness (QED) is 0.490. The highest BCUT2D eigenvalue weighted by Crippen LogP contribution is 2.24. The second kappa shape index (κ2) is 10.5. The summed E-state index contributed by atoms with van der Waals surface area (Å²) in [5.41, 5.74) is 0.817. The number of thiocarbonyl (C=S) groups is 1. The number of carbonyl (C=O) groups excluding carboxylic acids is 1. The number of hydrogen-bond donors (Lipinski definition) is 3. The number of ether oxygens (including phenoxy) is 1. The van der Waals surface area contributed by atoms with Gasteiger partial charge in [-0.2, -0.15) is 0 Å². The molecular formula is C20H32N4O2S. The monoisotopic (exact) mass is 392 g/mol. The standard InChI is InChI=1S/C20H32N4O2S/c1-20(2,3)26-19(25)22-12-11-21-18(27)23-15-17(24-13-7-8-14-24)16-9-5-4-6-10-16/h4-6,9-10,17H,7-8,11-15H2,1-3H3,(H,22,25)(H2,21,23,27). The van der Waals surface area contributed by atoms with Crippen LogP contribution >= 0.6 is 12.2 Å². The van der Waals surface area contributed by atoms with E-state index in [4.69, 9.17) is 17.0 Å². The van der Waals surface area contributed by atoms with Crippen LogP contribution in [0.15, 0.2) is 30.3 Å². The maximum absolute atomic E-state index is 11.6. The van der Waals surface area contributed by atoms with E-state index in [-0.39, 0.29) is 0 Å². The second-order valence-electron chi connectivity index (χ2n) is 7.74. The average molecular weight is 393 g/mol. The lowest BCUT2D eigenvalue weighted by atomic mass is 10.1. The molecule has 0 radical (unpaired) electrons. The predicted octanol–water partition coefficient (Wildman–Crippen LogP) is 2.81. The lowest BCUT2D eigenvalue weighted by molar-refractivity contribution is 0.0529. The van der Waals surface area contributed by atoms with Crippen molar-refractivity contribution >= 4 is 23.4 Å². The molecular weight excluding hydrogens is 360 g/mol. The van der Waals surface area contributed by atoms with Crippen molar-refractivity contribution in [2.75, 3.05) is 32.7 Å². The van der Waals surface area contributed by atoms with Gasteiger partial charge in [-0.25, -0.2) is 4.79 Å². The molecule has 0 saturated carbocycles. The van der Waals surface area contributed by atoms with Gasteiger partial charge in [-0.3, -0.25) is 4.90 Å². The summed E-state index contributed by atoms with van der Waals surface area (Å²) in [6.07, 6.45) is 2.09. The second-order valence-corrected chi connectivity index (χ2v) is 8.14. The summed E-state index contributed by atoms with van der Waals surface area (Å²) in [4.78, 5) is 14.1. The number of carbonyl (C=O) groups is 1. The number of nitrogens with one attached hydrogen (secondary N) is 3. The van der Waals surface area contributed by atoms with Crippen molar-refractivity contribution in [3.05, 3.63) is 35.9 Å². The van der Waals surface area contributed by atoms with Crippen molar-refractivity contribution in [1.29, 1.82) is 0 Å². The normalized spacial score (nSPS) is 15.8. The molecule has 1 amide bonds. The first kappa shape index (κ1) is 21.4. The molecule has 3 N–H and O–H groups in total. The van der Waals surface area contributed by atoms with Crippen LogP contribution in [0, 0.1) is 0 Å². The molecule has 1 heterocycles. The summed E-state index contributed by atoms with van der Waals surface area (Å²) in [5, 5.41) is 9.76. The molecule has 0 aromatic heterocycles. The number of rotatable bonds is 7. The molecule has 0 bridgehead atoms. The molecule has 2 rings (SSSR count). The van der Waals surface area contributed by atoms with Gasteiger partial charge in [0, 0.05) is 19.6 Å². The van der Waals surface area contributed by atoms with Gasteiger partial charge in [-0.1, -0.05) is 30.3 Å². The molecule has 7 heteroatoms. The Morgan fingerprint density at radius 3 is 2.37 bits per heavy atom. The van der Waals surface area contributed by atoms with Gasteiger partial charge in [0.25, 0.3) is 0 Å². The topological polar surface area (TPSA) is 65.6 Å². The third-order valence-corrected chi connectivity index (χ3v) is 4.59. The van der Waals surface area contributed by atoms with Crippen LogP contribution in [-0.4, -0.2) is 54.4 Å². The fourth-order valence-electron chi connectivity index (χ4n) is 3.09. The zero-order valence-electron chi connectivity index (χ0n) is 16.6. The molecule has 0 spiro atoms. The van der Waals surface area contributed by atoms with Gasteiger partial charge < -0.3 is 20.7 Å². The van der Waals surface area contributed by atoms with Crippen LogP contribution in [0.2, 0.25) is 0 Å². The zero-order valence-corrected chi connectivity index (χ0v) is 17.4. The van der Waals surface area contributed by atoms with E-state index in [9.17, 15) is 4.79 Å². The van der Waals surface area contributed by atoms with Crippen LogP contribution in [-0.2, 0) is 4.74 Å². The van der Waals surface area contributed by atoms with Gasteiger partial charge in [-0.05, 0) is 64.5 Å². The van der Waals surface area contributed by atoms with Crippen LogP contribution in [0.4, 0.5) is 4.79 Å². The van der Waals surface area contributed by atoms with Crippen molar-refractivity contribution in [3.63, 3.8) is 0 Å². The Kier molecular flexibility index (Phi) is 8.31. The molecule has 1 unspecified atom stereocenters. The third-order valence-electron chi connectivity index (χ3n) is 4.30. The Morgan fingerprint density at radius 2 is 1.74 bits per heavy atom. The number of hydrogen-bond acceptors (Lipinski definition) is 4. The van der Waals surface area contributed by atoms with Gasteiger partial charge in [0.05, 0.1) is 6.04 Å². The van der Waals surface area contributed by atoms with E-state index in [0.717, 1.165) is 19.6 Å². The van der Waals surface area contributed by atoms with E-state index in [1.54, 1.807) is 0 Å².